The van der Waals surface area contributed by atoms with Gasteiger partial charge in [0.15, 0.2) is 11.5 Å². The number of nitrogens with zero attached hydrogens (tertiary/aromatic N) is 1. The number of aromatic nitrogens is 2. The molecule has 0 radical (unpaired) electrons. The van der Waals surface area contributed by atoms with Crippen molar-refractivity contribution in [2.24, 2.45) is 0 Å². The fraction of sp³-hybridized carbons (Fsp3) is 0.333. The summed E-state index contributed by atoms with van der Waals surface area (Å²) in [6.07, 6.45) is 2.05. The van der Waals surface area contributed by atoms with Gasteiger partial charge in [0, 0.05) is 24.8 Å². The van der Waals surface area contributed by atoms with Crippen molar-refractivity contribution in [3.05, 3.63) is 63.4 Å². The molecule has 0 saturated heterocycles. The van der Waals surface area contributed by atoms with Gasteiger partial charge in [-0.2, -0.15) is 0 Å². The van der Waals surface area contributed by atoms with Crippen molar-refractivity contribution in [1.29, 1.82) is 0 Å². The zero-order valence-corrected chi connectivity index (χ0v) is 13.4. The number of ether oxygens (including phenoxy) is 1. The minimum atomic E-state index is -0.0645. The standard InChI is InChI=1S/C18H20N2O3/c1-3-12-10-13(18(21)20-15(12)11-22-2)8-9-17-19-14-6-4-5-7-16(14)23-17/h4-7,10H,3,8-9,11H2,1-2H3,(H,20,21). The van der Waals surface area contributed by atoms with Crippen LogP contribution in [0, 0.1) is 0 Å². The molecule has 1 aromatic carbocycles. The molecule has 3 rings (SSSR count). The van der Waals surface area contributed by atoms with Crippen LogP contribution in [0.15, 0.2) is 39.5 Å². The van der Waals surface area contributed by atoms with Crippen LogP contribution < -0.4 is 5.56 Å². The summed E-state index contributed by atoms with van der Waals surface area (Å²) in [5.74, 6) is 0.657. The molecule has 5 heteroatoms. The Morgan fingerprint density at radius 1 is 1.22 bits per heavy atom. The summed E-state index contributed by atoms with van der Waals surface area (Å²) in [5.41, 5.74) is 4.28. The van der Waals surface area contributed by atoms with Crippen LogP contribution in [-0.4, -0.2) is 17.1 Å². The number of rotatable bonds is 6. The minimum Gasteiger partial charge on any atom is -0.441 e. The van der Waals surface area contributed by atoms with Crippen molar-refractivity contribution >= 4 is 11.1 Å². The van der Waals surface area contributed by atoms with Gasteiger partial charge in [-0.15, -0.1) is 0 Å². The van der Waals surface area contributed by atoms with Crippen LogP contribution >= 0.6 is 0 Å². The lowest BCUT2D eigenvalue weighted by molar-refractivity contribution is 0.180. The Morgan fingerprint density at radius 2 is 2.04 bits per heavy atom. The van der Waals surface area contributed by atoms with Crippen molar-refractivity contribution in [3.63, 3.8) is 0 Å². The van der Waals surface area contributed by atoms with Gasteiger partial charge in [-0.05, 0) is 36.6 Å². The zero-order valence-electron chi connectivity index (χ0n) is 13.4. The van der Waals surface area contributed by atoms with E-state index in [-0.39, 0.29) is 5.56 Å². The van der Waals surface area contributed by atoms with Crippen LogP contribution in [0.1, 0.15) is 29.6 Å². The maximum absolute atomic E-state index is 12.2. The van der Waals surface area contributed by atoms with Crippen LogP contribution in [0.3, 0.4) is 0 Å². The van der Waals surface area contributed by atoms with Gasteiger partial charge in [0.2, 0.25) is 0 Å². The Labute approximate surface area is 134 Å². The first-order valence-electron chi connectivity index (χ1n) is 7.78. The first kappa shape index (κ1) is 15.5. The highest BCUT2D eigenvalue weighted by Crippen LogP contribution is 2.16. The number of nitrogens with one attached hydrogen (secondary N) is 1. The smallest absolute Gasteiger partial charge is 0.251 e. The lowest BCUT2D eigenvalue weighted by Gasteiger charge is -2.09. The maximum Gasteiger partial charge on any atom is 0.251 e. The number of hydrogen-bond donors (Lipinski definition) is 1. The van der Waals surface area contributed by atoms with Gasteiger partial charge in [0.1, 0.15) is 5.52 Å². The van der Waals surface area contributed by atoms with E-state index in [2.05, 4.69) is 16.9 Å². The number of hydrogen-bond acceptors (Lipinski definition) is 4. The molecule has 1 N–H and O–H groups in total. The van der Waals surface area contributed by atoms with Crippen molar-refractivity contribution in [3.8, 4) is 0 Å². The van der Waals surface area contributed by atoms with Crippen molar-refractivity contribution in [2.75, 3.05) is 7.11 Å². The molecule has 0 bridgehead atoms. The van der Waals surface area contributed by atoms with Gasteiger partial charge in [-0.3, -0.25) is 4.79 Å². The molecule has 0 spiro atoms. The molecule has 3 aromatic rings. The van der Waals surface area contributed by atoms with Crippen molar-refractivity contribution in [2.45, 2.75) is 32.8 Å². The summed E-state index contributed by atoms with van der Waals surface area (Å²) >= 11 is 0. The van der Waals surface area contributed by atoms with Crippen LogP contribution in [0.2, 0.25) is 0 Å². The Balaban J connectivity index is 1.80. The van der Waals surface area contributed by atoms with Crippen LogP contribution in [0.5, 0.6) is 0 Å². The summed E-state index contributed by atoms with van der Waals surface area (Å²) in [6.45, 7) is 2.49. The van der Waals surface area contributed by atoms with E-state index < -0.39 is 0 Å². The first-order valence-corrected chi connectivity index (χ1v) is 7.78. The molecule has 5 nitrogen and oxygen atoms in total. The third-order valence-corrected chi connectivity index (χ3v) is 3.91. The highest BCUT2D eigenvalue weighted by Gasteiger charge is 2.10. The van der Waals surface area contributed by atoms with Gasteiger partial charge in [0.25, 0.3) is 5.56 Å². The largest absolute Gasteiger partial charge is 0.441 e. The average Bonchev–Trinajstić information content (AvgIpc) is 2.97. The molecule has 0 unspecified atom stereocenters. The number of H-pyrrole nitrogens is 1. The third kappa shape index (κ3) is 3.35. The predicted octanol–water partition coefficient (Wildman–Crippen LogP) is 3.01. The number of aryl methyl sites for hydroxylation is 3. The predicted molar refractivity (Wildman–Crippen MR) is 88.6 cm³/mol. The number of benzene rings is 1. The zero-order chi connectivity index (χ0) is 16.2. The number of oxazole rings is 1. The van der Waals surface area contributed by atoms with Gasteiger partial charge >= 0.3 is 0 Å². The topological polar surface area (TPSA) is 68.1 Å². The lowest BCUT2D eigenvalue weighted by Crippen LogP contribution is -2.18. The number of fused-ring (bicyclic) bond motifs is 1. The maximum atomic E-state index is 12.2. The molecule has 0 aliphatic rings. The summed E-state index contributed by atoms with van der Waals surface area (Å²) in [4.78, 5) is 19.6. The number of para-hydroxylation sites is 2. The summed E-state index contributed by atoms with van der Waals surface area (Å²) in [7, 11) is 1.62. The Morgan fingerprint density at radius 3 is 2.78 bits per heavy atom. The minimum absolute atomic E-state index is 0.0645. The highest BCUT2D eigenvalue weighted by atomic mass is 16.5. The summed E-state index contributed by atoms with van der Waals surface area (Å²) < 4.78 is 10.8. The van der Waals surface area contributed by atoms with E-state index in [4.69, 9.17) is 9.15 Å². The van der Waals surface area contributed by atoms with Gasteiger partial charge in [0.05, 0.1) is 6.61 Å². The van der Waals surface area contributed by atoms with E-state index in [1.54, 1.807) is 7.11 Å². The lowest BCUT2D eigenvalue weighted by atomic mass is 10.1. The monoisotopic (exact) mass is 312 g/mol. The molecule has 2 heterocycles. The fourth-order valence-corrected chi connectivity index (χ4v) is 2.70. The molecule has 0 fully saturated rings. The van der Waals surface area contributed by atoms with Gasteiger partial charge < -0.3 is 14.1 Å². The fourth-order valence-electron chi connectivity index (χ4n) is 2.70. The second kappa shape index (κ2) is 6.79. The second-order valence-corrected chi connectivity index (χ2v) is 5.49. The molecule has 23 heavy (non-hydrogen) atoms. The molecule has 0 atom stereocenters. The van der Waals surface area contributed by atoms with E-state index in [0.29, 0.717) is 25.3 Å². The van der Waals surface area contributed by atoms with Crippen molar-refractivity contribution < 1.29 is 9.15 Å². The molecule has 0 amide bonds. The van der Waals surface area contributed by atoms with Crippen LogP contribution in [0.25, 0.3) is 11.1 Å². The highest BCUT2D eigenvalue weighted by molar-refractivity contribution is 5.72. The van der Waals surface area contributed by atoms with E-state index >= 15 is 0 Å². The van der Waals surface area contributed by atoms with E-state index in [1.807, 2.05) is 30.3 Å². The van der Waals surface area contributed by atoms with E-state index in [1.165, 1.54) is 0 Å². The molecular formula is C18H20N2O3. The normalized spacial score (nSPS) is 11.2. The Kier molecular flexibility index (Phi) is 4.57. The number of aromatic amines is 1. The Bertz CT molecular complexity index is 831. The molecule has 0 saturated carbocycles. The van der Waals surface area contributed by atoms with Crippen molar-refractivity contribution in [1.82, 2.24) is 9.97 Å². The van der Waals surface area contributed by atoms with E-state index in [9.17, 15) is 4.79 Å². The SMILES string of the molecule is CCc1cc(CCc2nc3ccccc3o2)c(=O)[nH]c1COC. The van der Waals surface area contributed by atoms with Crippen LogP contribution in [0.4, 0.5) is 0 Å². The second-order valence-electron chi connectivity index (χ2n) is 5.49. The first-order chi connectivity index (χ1) is 11.2. The number of methoxy groups -OCH3 is 1. The summed E-state index contributed by atoms with van der Waals surface area (Å²) in [6, 6.07) is 9.64. The molecule has 0 aliphatic carbocycles. The van der Waals surface area contributed by atoms with Gasteiger partial charge in [-0.1, -0.05) is 19.1 Å². The quantitative estimate of drug-likeness (QED) is 0.759. The molecule has 2 aromatic heterocycles. The number of pyridine rings is 1. The average molecular weight is 312 g/mol. The van der Waals surface area contributed by atoms with Crippen LogP contribution in [-0.2, 0) is 30.6 Å². The molecule has 0 aliphatic heterocycles. The summed E-state index contributed by atoms with van der Waals surface area (Å²) in [5, 5.41) is 0. The van der Waals surface area contributed by atoms with Gasteiger partial charge in [-0.25, -0.2) is 4.98 Å². The van der Waals surface area contributed by atoms with E-state index in [0.717, 1.165) is 34.3 Å². The molecule has 120 valence electrons. The third-order valence-electron chi connectivity index (χ3n) is 3.91. The molecular weight excluding hydrogens is 292 g/mol. The Hall–Kier alpha value is -2.40.